The highest BCUT2D eigenvalue weighted by molar-refractivity contribution is 5.60. The maximum atomic E-state index is 5.81. The Bertz CT molecular complexity index is 572. The molecule has 2 heterocycles. The number of ether oxygens (including phenoxy) is 2. The van der Waals surface area contributed by atoms with E-state index in [4.69, 9.17) is 15.2 Å². The van der Waals surface area contributed by atoms with Gasteiger partial charge in [-0.1, -0.05) is 6.07 Å². The summed E-state index contributed by atoms with van der Waals surface area (Å²) in [6.07, 6.45) is 1.71. The molecule has 5 heteroatoms. The Kier molecular flexibility index (Phi) is 2.64. The third-order valence-corrected chi connectivity index (χ3v) is 2.74. The molecule has 0 unspecified atom stereocenters. The highest BCUT2D eigenvalue weighted by atomic mass is 16.7. The molecule has 3 N–H and O–H groups in total. The largest absolute Gasteiger partial charge is 0.454 e. The van der Waals surface area contributed by atoms with Gasteiger partial charge in [0.1, 0.15) is 5.82 Å². The van der Waals surface area contributed by atoms with Crippen molar-refractivity contribution in [1.29, 1.82) is 0 Å². The van der Waals surface area contributed by atoms with Crippen LogP contribution in [0.4, 0.5) is 11.5 Å². The molecule has 1 aliphatic rings. The summed E-state index contributed by atoms with van der Waals surface area (Å²) in [5, 5.41) is 3.19. The normalized spacial score (nSPS) is 12.4. The SMILES string of the molecule is Nc1cccnc1NCc1ccc2c(c1)OCO2. The van der Waals surface area contributed by atoms with E-state index < -0.39 is 0 Å². The monoisotopic (exact) mass is 243 g/mol. The zero-order valence-corrected chi connectivity index (χ0v) is 9.72. The Hall–Kier alpha value is -2.43. The van der Waals surface area contributed by atoms with Crippen molar-refractivity contribution in [2.75, 3.05) is 17.8 Å². The van der Waals surface area contributed by atoms with E-state index >= 15 is 0 Å². The van der Waals surface area contributed by atoms with Gasteiger partial charge in [0.25, 0.3) is 0 Å². The predicted octanol–water partition coefficient (Wildman–Crippen LogP) is 2.00. The van der Waals surface area contributed by atoms with E-state index in [1.165, 1.54) is 0 Å². The van der Waals surface area contributed by atoms with Crippen LogP contribution in [0.1, 0.15) is 5.56 Å². The number of benzene rings is 1. The molecule has 1 aromatic heterocycles. The average molecular weight is 243 g/mol. The van der Waals surface area contributed by atoms with Gasteiger partial charge >= 0.3 is 0 Å². The number of hydrogen-bond donors (Lipinski definition) is 2. The molecule has 0 fully saturated rings. The maximum Gasteiger partial charge on any atom is 0.231 e. The quantitative estimate of drug-likeness (QED) is 0.863. The average Bonchev–Trinajstić information content (AvgIpc) is 2.85. The lowest BCUT2D eigenvalue weighted by Gasteiger charge is -2.08. The summed E-state index contributed by atoms with van der Waals surface area (Å²) >= 11 is 0. The molecule has 0 bridgehead atoms. The Morgan fingerprint density at radius 3 is 3.00 bits per heavy atom. The summed E-state index contributed by atoms with van der Waals surface area (Å²) in [5.74, 6) is 2.26. The highest BCUT2D eigenvalue weighted by Crippen LogP contribution is 2.32. The molecule has 1 aliphatic heterocycles. The number of rotatable bonds is 3. The summed E-state index contributed by atoms with van der Waals surface area (Å²) in [5.41, 5.74) is 7.53. The summed E-state index contributed by atoms with van der Waals surface area (Å²) in [4.78, 5) is 4.17. The van der Waals surface area contributed by atoms with Crippen molar-refractivity contribution in [2.24, 2.45) is 0 Å². The van der Waals surface area contributed by atoms with Crippen LogP contribution in [0.3, 0.4) is 0 Å². The van der Waals surface area contributed by atoms with Gasteiger partial charge in [-0.2, -0.15) is 0 Å². The minimum atomic E-state index is 0.291. The topological polar surface area (TPSA) is 69.4 Å². The molecule has 0 saturated heterocycles. The van der Waals surface area contributed by atoms with Crippen LogP contribution in [-0.2, 0) is 6.54 Å². The first-order valence-electron chi connectivity index (χ1n) is 5.66. The Balaban J connectivity index is 1.72. The molecule has 18 heavy (non-hydrogen) atoms. The number of fused-ring (bicyclic) bond motifs is 1. The summed E-state index contributed by atoms with van der Waals surface area (Å²) in [7, 11) is 0. The number of hydrogen-bond acceptors (Lipinski definition) is 5. The molecule has 5 nitrogen and oxygen atoms in total. The second kappa shape index (κ2) is 4.44. The minimum Gasteiger partial charge on any atom is -0.454 e. The van der Waals surface area contributed by atoms with Crippen molar-refractivity contribution in [1.82, 2.24) is 4.98 Å². The first kappa shape index (κ1) is 10.7. The molecular weight excluding hydrogens is 230 g/mol. The van der Waals surface area contributed by atoms with E-state index in [1.807, 2.05) is 24.3 Å². The predicted molar refractivity (Wildman–Crippen MR) is 68.5 cm³/mol. The highest BCUT2D eigenvalue weighted by Gasteiger charge is 2.13. The van der Waals surface area contributed by atoms with Crippen molar-refractivity contribution < 1.29 is 9.47 Å². The number of nitrogens with one attached hydrogen (secondary N) is 1. The van der Waals surface area contributed by atoms with E-state index in [9.17, 15) is 0 Å². The van der Waals surface area contributed by atoms with Crippen molar-refractivity contribution in [3.8, 4) is 11.5 Å². The number of aromatic nitrogens is 1. The van der Waals surface area contributed by atoms with Gasteiger partial charge < -0.3 is 20.5 Å². The van der Waals surface area contributed by atoms with Gasteiger partial charge in [0.05, 0.1) is 5.69 Å². The van der Waals surface area contributed by atoms with E-state index in [-0.39, 0.29) is 0 Å². The van der Waals surface area contributed by atoms with Crippen LogP contribution in [0.15, 0.2) is 36.5 Å². The molecule has 0 aliphatic carbocycles. The second-order valence-corrected chi connectivity index (χ2v) is 3.98. The standard InChI is InChI=1S/C13H13N3O2/c14-10-2-1-5-15-13(10)16-7-9-3-4-11-12(6-9)18-8-17-11/h1-6H,7-8,14H2,(H,15,16). The number of pyridine rings is 1. The van der Waals surface area contributed by atoms with Gasteiger partial charge in [0, 0.05) is 12.7 Å². The molecule has 0 saturated carbocycles. The fourth-order valence-corrected chi connectivity index (χ4v) is 1.80. The molecule has 3 rings (SSSR count). The van der Waals surface area contributed by atoms with Crippen LogP contribution in [-0.4, -0.2) is 11.8 Å². The zero-order valence-electron chi connectivity index (χ0n) is 9.72. The molecule has 1 aromatic carbocycles. The lowest BCUT2D eigenvalue weighted by Crippen LogP contribution is -2.04. The first-order valence-corrected chi connectivity index (χ1v) is 5.66. The van der Waals surface area contributed by atoms with Crippen LogP contribution in [0, 0.1) is 0 Å². The van der Waals surface area contributed by atoms with E-state index in [0.717, 1.165) is 17.1 Å². The van der Waals surface area contributed by atoms with Crippen LogP contribution in [0.2, 0.25) is 0 Å². The lowest BCUT2D eigenvalue weighted by atomic mass is 10.2. The van der Waals surface area contributed by atoms with Crippen molar-refractivity contribution >= 4 is 11.5 Å². The molecule has 92 valence electrons. The zero-order chi connectivity index (χ0) is 12.4. The fourth-order valence-electron chi connectivity index (χ4n) is 1.80. The lowest BCUT2D eigenvalue weighted by molar-refractivity contribution is 0.174. The number of nitrogens with zero attached hydrogens (tertiary/aromatic N) is 1. The van der Waals surface area contributed by atoms with E-state index in [1.54, 1.807) is 12.3 Å². The van der Waals surface area contributed by atoms with Gasteiger partial charge in [-0.3, -0.25) is 0 Å². The smallest absolute Gasteiger partial charge is 0.231 e. The first-order chi connectivity index (χ1) is 8.83. The fraction of sp³-hybridized carbons (Fsp3) is 0.154. The van der Waals surface area contributed by atoms with Gasteiger partial charge in [-0.05, 0) is 29.8 Å². The van der Waals surface area contributed by atoms with Crippen LogP contribution in [0.5, 0.6) is 11.5 Å². The summed E-state index contributed by atoms with van der Waals surface area (Å²) < 4.78 is 10.6. The third kappa shape index (κ3) is 2.02. The molecule has 0 radical (unpaired) electrons. The van der Waals surface area contributed by atoms with Gasteiger partial charge in [0.2, 0.25) is 6.79 Å². The summed E-state index contributed by atoms with van der Waals surface area (Å²) in [6.45, 7) is 0.928. The molecule has 0 spiro atoms. The third-order valence-electron chi connectivity index (χ3n) is 2.74. The second-order valence-electron chi connectivity index (χ2n) is 3.98. The van der Waals surface area contributed by atoms with Crippen LogP contribution in [0.25, 0.3) is 0 Å². The molecule has 2 aromatic rings. The molecule has 0 amide bonds. The van der Waals surface area contributed by atoms with Crippen molar-refractivity contribution in [2.45, 2.75) is 6.54 Å². The van der Waals surface area contributed by atoms with Crippen molar-refractivity contribution in [3.63, 3.8) is 0 Å². The number of nitrogen functional groups attached to an aromatic ring is 1. The summed E-state index contributed by atoms with van der Waals surface area (Å²) in [6, 6.07) is 9.46. The Labute approximate surface area is 105 Å². The van der Waals surface area contributed by atoms with Crippen LogP contribution < -0.4 is 20.5 Å². The molecule has 0 atom stereocenters. The van der Waals surface area contributed by atoms with Crippen LogP contribution >= 0.6 is 0 Å². The number of anilines is 2. The maximum absolute atomic E-state index is 5.81. The van der Waals surface area contributed by atoms with E-state index in [2.05, 4.69) is 10.3 Å². The van der Waals surface area contributed by atoms with Gasteiger partial charge in [-0.25, -0.2) is 4.98 Å². The molecular formula is C13H13N3O2. The Morgan fingerprint density at radius 2 is 2.11 bits per heavy atom. The van der Waals surface area contributed by atoms with E-state index in [0.29, 0.717) is 24.8 Å². The van der Waals surface area contributed by atoms with Crippen molar-refractivity contribution in [3.05, 3.63) is 42.1 Å². The van der Waals surface area contributed by atoms with Gasteiger partial charge in [0.15, 0.2) is 11.5 Å². The minimum absolute atomic E-state index is 0.291. The van der Waals surface area contributed by atoms with Gasteiger partial charge in [-0.15, -0.1) is 0 Å². The number of nitrogens with two attached hydrogens (primary N) is 1. The Morgan fingerprint density at radius 1 is 1.22 bits per heavy atom.